The van der Waals surface area contributed by atoms with Crippen molar-refractivity contribution in [3.63, 3.8) is 0 Å². The largest absolute Gasteiger partial charge is 0.328 e. The second-order valence-corrected chi connectivity index (χ2v) is 4.98. The molecule has 0 aromatic heterocycles. The van der Waals surface area contributed by atoms with Crippen LogP contribution in [0, 0.1) is 5.92 Å². The van der Waals surface area contributed by atoms with Gasteiger partial charge in [0.15, 0.2) is 0 Å². The Hall–Kier alpha value is -0.0400. The number of hydrogen-bond donors (Lipinski definition) is 1. The van der Waals surface area contributed by atoms with Gasteiger partial charge in [-0.05, 0) is 18.8 Å². The molecule has 0 aliphatic heterocycles. The molecule has 0 bridgehead atoms. The first-order chi connectivity index (χ1) is 6.83. The van der Waals surface area contributed by atoms with Crippen LogP contribution in [0.4, 0.5) is 0 Å². The summed E-state index contributed by atoms with van der Waals surface area (Å²) in [7, 11) is 0. The molecule has 1 heteroatoms. The van der Waals surface area contributed by atoms with Gasteiger partial charge in [-0.15, -0.1) is 0 Å². The molecule has 0 spiro atoms. The molecule has 14 heavy (non-hydrogen) atoms. The molecule has 1 saturated carbocycles. The molecule has 2 N–H and O–H groups in total. The summed E-state index contributed by atoms with van der Waals surface area (Å²) in [5.41, 5.74) is 6.00. The number of hydrogen-bond acceptors (Lipinski definition) is 1. The second-order valence-electron chi connectivity index (χ2n) is 4.98. The topological polar surface area (TPSA) is 26.0 Å². The molecule has 1 aliphatic rings. The molecular formula is C13H27N. The van der Waals surface area contributed by atoms with Crippen LogP contribution in [0.25, 0.3) is 0 Å². The molecule has 0 radical (unpaired) electrons. The Balaban J connectivity index is 1.96. The van der Waals surface area contributed by atoms with Crippen LogP contribution in [-0.4, -0.2) is 6.04 Å². The number of nitrogens with two attached hydrogens (primary N) is 1. The summed E-state index contributed by atoms with van der Waals surface area (Å²) in [6, 6.07) is 0.476. The van der Waals surface area contributed by atoms with E-state index < -0.39 is 0 Å². The van der Waals surface area contributed by atoms with E-state index in [1.54, 1.807) is 0 Å². The van der Waals surface area contributed by atoms with Gasteiger partial charge in [0.25, 0.3) is 0 Å². The molecule has 1 rings (SSSR count). The van der Waals surface area contributed by atoms with Crippen molar-refractivity contribution in [1.29, 1.82) is 0 Å². The van der Waals surface area contributed by atoms with E-state index >= 15 is 0 Å². The molecule has 84 valence electrons. The monoisotopic (exact) mass is 197 g/mol. The van der Waals surface area contributed by atoms with Crippen LogP contribution >= 0.6 is 0 Å². The van der Waals surface area contributed by atoms with E-state index in [1.165, 1.54) is 64.2 Å². The molecule has 1 atom stereocenters. The summed E-state index contributed by atoms with van der Waals surface area (Å²) in [5.74, 6) is 1.04. The van der Waals surface area contributed by atoms with Gasteiger partial charge < -0.3 is 5.73 Å². The Bertz CT molecular complexity index is 127. The average Bonchev–Trinajstić information content (AvgIpc) is 2.20. The zero-order valence-corrected chi connectivity index (χ0v) is 9.80. The summed E-state index contributed by atoms with van der Waals surface area (Å²) in [6.07, 6.45) is 13.9. The second kappa shape index (κ2) is 7.28. The van der Waals surface area contributed by atoms with Crippen molar-refractivity contribution >= 4 is 0 Å². The van der Waals surface area contributed by atoms with Crippen LogP contribution in [0.2, 0.25) is 0 Å². The van der Waals surface area contributed by atoms with E-state index in [0.29, 0.717) is 6.04 Å². The third-order valence-electron chi connectivity index (χ3n) is 3.57. The highest BCUT2D eigenvalue weighted by atomic mass is 14.6. The van der Waals surface area contributed by atoms with Gasteiger partial charge in [-0.2, -0.15) is 0 Å². The van der Waals surface area contributed by atoms with Crippen molar-refractivity contribution in [1.82, 2.24) is 0 Å². The van der Waals surface area contributed by atoms with Gasteiger partial charge in [0.2, 0.25) is 0 Å². The Morgan fingerprint density at radius 1 is 1.14 bits per heavy atom. The molecule has 1 fully saturated rings. The Kier molecular flexibility index (Phi) is 6.25. The maximum absolute atomic E-state index is 6.00. The quantitative estimate of drug-likeness (QED) is 0.687. The lowest BCUT2D eigenvalue weighted by molar-refractivity contribution is 0.324. The molecule has 0 aromatic rings. The first-order valence-corrected chi connectivity index (χ1v) is 6.58. The summed E-state index contributed by atoms with van der Waals surface area (Å²) in [6.45, 7) is 2.22. The normalized spacial score (nSPS) is 21.0. The van der Waals surface area contributed by atoms with E-state index in [0.717, 1.165) is 5.92 Å². The van der Waals surface area contributed by atoms with E-state index in [4.69, 9.17) is 5.73 Å². The van der Waals surface area contributed by atoms with Gasteiger partial charge in [-0.1, -0.05) is 58.3 Å². The Labute approximate surface area is 89.5 Å². The molecule has 0 amide bonds. The average molecular weight is 197 g/mol. The first-order valence-electron chi connectivity index (χ1n) is 6.58. The Morgan fingerprint density at radius 3 is 2.50 bits per heavy atom. The molecule has 0 heterocycles. The lowest BCUT2D eigenvalue weighted by Crippen LogP contribution is -2.19. The summed E-state index contributed by atoms with van der Waals surface area (Å²) in [5, 5.41) is 0. The predicted octanol–water partition coefficient (Wildman–Crippen LogP) is 3.86. The standard InChI is InChI=1S/C13H27N/c1-2-7-13(14)11-6-10-12-8-4-3-5-9-12/h12-13H,2-11,14H2,1H3/t13-/m0/s1. The fourth-order valence-corrected chi connectivity index (χ4v) is 2.66. The van der Waals surface area contributed by atoms with E-state index in [1.807, 2.05) is 0 Å². The maximum atomic E-state index is 6.00. The summed E-state index contributed by atoms with van der Waals surface area (Å²) < 4.78 is 0. The minimum Gasteiger partial charge on any atom is -0.328 e. The third-order valence-corrected chi connectivity index (χ3v) is 3.57. The number of rotatable bonds is 6. The molecule has 0 unspecified atom stereocenters. The first kappa shape index (κ1) is 12.0. The molecule has 0 aromatic carbocycles. The fourth-order valence-electron chi connectivity index (χ4n) is 2.66. The minimum atomic E-state index is 0.476. The zero-order chi connectivity index (χ0) is 10.2. The van der Waals surface area contributed by atoms with Crippen LogP contribution in [0.15, 0.2) is 0 Å². The molecule has 0 saturated heterocycles. The highest BCUT2D eigenvalue weighted by Gasteiger charge is 2.13. The zero-order valence-electron chi connectivity index (χ0n) is 9.80. The predicted molar refractivity (Wildman–Crippen MR) is 63.3 cm³/mol. The van der Waals surface area contributed by atoms with E-state index in [2.05, 4.69) is 6.92 Å². The fraction of sp³-hybridized carbons (Fsp3) is 1.00. The van der Waals surface area contributed by atoms with Crippen LogP contribution in [0.5, 0.6) is 0 Å². The van der Waals surface area contributed by atoms with Crippen molar-refractivity contribution < 1.29 is 0 Å². The van der Waals surface area contributed by atoms with E-state index in [-0.39, 0.29) is 0 Å². The van der Waals surface area contributed by atoms with Crippen molar-refractivity contribution in [3.8, 4) is 0 Å². The van der Waals surface area contributed by atoms with Crippen LogP contribution in [0.1, 0.15) is 71.1 Å². The lowest BCUT2D eigenvalue weighted by Gasteiger charge is -2.21. The molecular weight excluding hydrogens is 170 g/mol. The molecule has 1 aliphatic carbocycles. The minimum absolute atomic E-state index is 0.476. The highest BCUT2D eigenvalue weighted by molar-refractivity contribution is 4.67. The van der Waals surface area contributed by atoms with Gasteiger partial charge in [0, 0.05) is 6.04 Å². The van der Waals surface area contributed by atoms with Gasteiger partial charge in [-0.3, -0.25) is 0 Å². The van der Waals surface area contributed by atoms with E-state index in [9.17, 15) is 0 Å². The highest BCUT2D eigenvalue weighted by Crippen LogP contribution is 2.27. The maximum Gasteiger partial charge on any atom is 0.00387 e. The van der Waals surface area contributed by atoms with Crippen molar-refractivity contribution in [2.75, 3.05) is 0 Å². The SMILES string of the molecule is CCC[C@H](N)CCCC1CCCCC1. The van der Waals surface area contributed by atoms with Gasteiger partial charge in [0.05, 0.1) is 0 Å². The van der Waals surface area contributed by atoms with Crippen molar-refractivity contribution in [2.24, 2.45) is 11.7 Å². The molecule has 1 nitrogen and oxygen atoms in total. The summed E-state index contributed by atoms with van der Waals surface area (Å²) in [4.78, 5) is 0. The Morgan fingerprint density at radius 2 is 1.86 bits per heavy atom. The van der Waals surface area contributed by atoms with Gasteiger partial charge in [0.1, 0.15) is 0 Å². The smallest absolute Gasteiger partial charge is 0.00387 e. The van der Waals surface area contributed by atoms with Crippen molar-refractivity contribution in [3.05, 3.63) is 0 Å². The van der Waals surface area contributed by atoms with Gasteiger partial charge >= 0.3 is 0 Å². The third kappa shape index (κ3) is 4.99. The lowest BCUT2D eigenvalue weighted by atomic mass is 9.85. The van der Waals surface area contributed by atoms with Gasteiger partial charge in [-0.25, -0.2) is 0 Å². The van der Waals surface area contributed by atoms with Crippen LogP contribution in [0.3, 0.4) is 0 Å². The summed E-state index contributed by atoms with van der Waals surface area (Å²) >= 11 is 0. The van der Waals surface area contributed by atoms with Crippen LogP contribution < -0.4 is 5.73 Å². The van der Waals surface area contributed by atoms with Crippen LogP contribution in [-0.2, 0) is 0 Å². The van der Waals surface area contributed by atoms with Crippen molar-refractivity contribution in [2.45, 2.75) is 77.2 Å².